The molecule has 0 bridgehead atoms. The SMILES string of the molecule is C[C@H]1c2c([nH]c3ccc(C(F)(F)F)cc23)C[C@H]2CCN(CCC3(NC(=O)C(F)(F)C(C)(C)O)CCOCC3)C[C@@H]21. The average Bonchev–Trinajstić information content (AvgIpc) is 3.25. The molecule has 3 aliphatic rings. The molecule has 3 heterocycles. The Kier molecular flexibility index (Phi) is 7.49. The number of halogens is 5. The van der Waals surface area contributed by atoms with Crippen LogP contribution in [0.1, 0.15) is 69.2 Å². The van der Waals surface area contributed by atoms with E-state index in [1.165, 1.54) is 12.1 Å². The van der Waals surface area contributed by atoms with Gasteiger partial charge in [-0.25, -0.2) is 0 Å². The van der Waals surface area contributed by atoms with Crippen LogP contribution in [0.5, 0.6) is 0 Å². The fourth-order valence-corrected chi connectivity index (χ4v) is 6.90. The number of ether oxygens (including phenoxy) is 1. The molecule has 2 aliphatic heterocycles. The molecule has 1 aliphatic carbocycles. The van der Waals surface area contributed by atoms with Gasteiger partial charge in [-0.1, -0.05) is 6.92 Å². The standard InChI is InChI=1S/C29H38F5N3O3/c1-17-21-16-37(11-7-27(8-12-40-13-9-27)36-25(38)28(30,31)26(2,3)39)10-6-18(21)14-23-24(17)20-15-19(29(32,33)34)4-5-22(20)35-23/h4-5,15,17-18,21,35,39H,6-14,16H2,1-3H3,(H,36,38)/t17-,18-,21-/m1/s1. The molecule has 0 spiro atoms. The van der Waals surface area contributed by atoms with Gasteiger partial charge in [0.1, 0.15) is 5.60 Å². The minimum atomic E-state index is -4.41. The zero-order chi connectivity index (χ0) is 29.1. The molecular weight excluding hydrogens is 533 g/mol. The first-order valence-electron chi connectivity index (χ1n) is 14.1. The van der Waals surface area contributed by atoms with Crippen molar-refractivity contribution < 1.29 is 36.6 Å². The number of aliphatic hydroxyl groups is 1. The molecule has 3 atom stereocenters. The molecule has 1 amide bonds. The van der Waals surface area contributed by atoms with Crippen LogP contribution in [0.25, 0.3) is 10.9 Å². The third kappa shape index (κ3) is 5.36. The number of rotatable bonds is 6. The number of carbonyl (C=O) groups is 1. The molecule has 1 aromatic carbocycles. The lowest BCUT2D eigenvalue weighted by Crippen LogP contribution is -2.62. The summed E-state index contributed by atoms with van der Waals surface area (Å²) in [5.41, 5.74) is -1.30. The second kappa shape index (κ2) is 10.2. The molecule has 6 nitrogen and oxygen atoms in total. The van der Waals surface area contributed by atoms with Crippen molar-refractivity contribution in [3.05, 3.63) is 35.0 Å². The van der Waals surface area contributed by atoms with E-state index in [1.807, 2.05) is 0 Å². The summed E-state index contributed by atoms with van der Waals surface area (Å²) in [5, 5.41) is 13.1. The van der Waals surface area contributed by atoms with Crippen LogP contribution in [0.3, 0.4) is 0 Å². The number of hydrogen-bond acceptors (Lipinski definition) is 4. The van der Waals surface area contributed by atoms with Gasteiger partial charge in [-0.2, -0.15) is 22.0 Å². The highest BCUT2D eigenvalue weighted by atomic mass is 19.4. The van der Waals surface area contributed by atoms with Gasteiger partial charge in [0, 0.05) is 48.4 Å². The maximum absolute atomic E-state index is 14.6. The summed E-state index contributed by atoms with van der Waals surface area (Å²) < 4.78 is 75.0. The molecule has 5 rings (SSSR count). The molecule has 222 valence electrons. The summed E-state index contributed by atoms with van der Waals surface area (Å²) in [7, 11) is 0. The topological polar surface area (TPSA) is 77.6 Å². The summed E-state index contributed by atoms with van der Waals surface area (Å²) in [5.74, 6) is -4.73. The number of nitrogens with zero attached hydrogens (tertiary/aromatic N) is 1. The van der Waals surface area contributed by atoms with Gasteiger partial charge in [0.15, 0.2) is 0 Å². The highest BCUT2D eigenvalue weighted by molar-refractivity contribution is 5.86. The number of carbonyl (C=O) groups excluding carboxylic acids is 1. The van der Waals surface area contributed by atoms with E-state index in [9.17, 15) is 31.9 Å². The van der Waals surface area contributed by atoms with Gasteiger partial charge in [0.05, 0.1) is 5.56 Å². The number of nitrogens with one attached hydrogen (secondary N) is 2. The third-order valence-corrected chi connectivity index (χ3v) is 9.49. The van der Waals surface area contributed by atoms with Crippen molar-refractivity contribution >= 4 is 16.8 Å². The van der Waals surface area contributed by atoms with E-state index < -0.39 is 34.7 Å². The fraction of sp³-hybridized carbons (Fsp3) is 0.690. The summed E-state index contributed by atoms with van der Waals surface area (Å²) >= 11 is 0. The first-order chi connectivity index (χ1) is 18.6. The largest absolute Gasteiger partial charge is 0.416 e. The quantitative estimate of drug-likeness (QED) is 0.415. The smallest absolute Gasteiger partial charge is 0.384 e. The summed E-state index contributed by atoms with van der Waals surface area (Å²) in [6.07, 6.45) is -1.43. The molecular formula is C29H38F5N3O3. The zero-order valence-electron chi connectivity index (χ0n) is 23.1. The van der Waals surface area contributed by atoms with Crippen molar-refractivity contribution in [1.29, 1.82) is 0 Å². The highest BCUT2D eigenvalue weighted by Crippen LogP contribution is 2.47. The molecule has 3 N–H and O–H groups in total. The van der Waals surface area contributed by atoms with Crippen LogP contribution in [0.4, 0.5) is 22.0 Å². The normalized spacial score (nSPS) is 25.9. The zero-order valence-corrected chi connectivity index (χ0v) is 23.1. The maximum Gasteiger partial charge on any atom is 0.416 e. The van der Waals surface area contributed by atoms with Crippen molar-refractivity contribution in [3.8, 4) is 0 Å². The Morgan fingerprint density at radius 1 is 1.20 bits per heavy atom. The molecule has 11 heteroatoms. The van der Waals surface area contributed by atoms with Crippen molar-refractivity contribution in [2.24, 2.45) is 11.8 Å². The van der Waals surface area contributed by atoms with E-state index in [0.717, 1.165) is 62.6 Å². The lowest BCUT2D eigenvalue weighted by molar-refractivity contribution is -0.185. The van der Waals surface area contributed by atoms with E-state index >= 15 is 0 Å². The first-order valence-corrected chi connectivity index (χ1v) is 14.1. The van der Waals surface area contributed by atoms with Crippen LogP contribution in [0.2, 0.25) is 0 Å². The lowest BCUT2D eigenvalue weighted by Gasteiger charge is -2.46. The van der Waals surface area contributed by atoms with Gasteiger partial charge in [0.2, 0.25) is 0 Å². The number of H-pyrrole nitrogens is 1. The van der Waals surface area contributed by atoms with Crippen LogP contribution in [-0.2, 0) is 22.1 Å². The van der Waals surface area contributed by atoms with E-state index in [4.69, 9.17) is 4.74 Å². The van der Waals surface area contributed by atoms with Crippen LogP contribution in [0.15, 0.2) is 18.2 Å². The number of fused-ring (bicyclic) bond motifs is 4. The highest BCUT2D eigenvalue weighted by Gasteiger charge is 2.54. The molecule has 2 aromatic rings. The molecule has 0 saturated carbocycles. The van der Waals surface area contributed by atoms with Crippen molar-refractivity contribution in [2.75, 3.05) is 32.8 Å². The maximum atomic E-state index is 14.6. The van der Waals surface area contributed by atoms with Crippen LogP contribution in [-0.4, -0.2) is 70.8 Å². The number of amides is 1. The molecule has 1 aromatic heterocycles. The predicted octanol–water partition coefficient (Wildman–Crippen LogP) is 5.25. The Morgan fingerprint density at radius 2 is 1.90 bits per heavy atom. The average molecular weight is 572 g/mol. The van der Waals surface area contributed by atoms with Gasteiger partial charge < -0.3 is 25.0 Å². The Morgan fingerprint density at radius 3 is 2.55 bits per heavy atom. The third-order valence-electron chi connectivity index (χ3n) is 9.49. The second-order valence-corrected chi connectivity index (χ2v) is 12.5. The van der Waals surface area contributed by atoms with Gasteiger partial charge in [-0.05, 0) is 94.0 Å². The predicted molar refractivity (Wildman–Crippen MR) is 140 cm³/mol. The molecule has 0 radical (unpaired) electrons. The molecule has 40 heavy (non-hydrogen) atoms. The summed E-state index contributed by atoms with van der Waals surface area (Å²) in [6.45, 7) is 6.77. The van der Waals surface area contributed by atoms with Gasteiger partial charge in [-0.3, -0.25) is 4.79 Å². The number of alkyl halides is 5. The van der Waals surface area contributed by atoms with E-state index in [0.29, 0.717) is 50.3 Å². The Hall–Kier alpha value is -2.24. The fourth-order valence-electron chi connectivity index (χ4n) is 6.90. The first kappa shape index (κ1) is 29.3. The van der Waals surface area contributed by atoms with Crippen molar-refractivity contribution in [1.82, 2.24) is 15.2 Å². The van der Waals surface area contributed by atoms with E-state index in [2.05, 4.69) is 22.1 Å². The number of piperidine rings is 1. The van der Waals surface area contributed by atoms with Crippen LogP contribution < -0.4 is 5.32 Å². The molecule has 2 fully saturated rings. The minimum Gasteiger partial charge on any atom is -0.384 e. The Balaban J connectivity index is 1.31. The number of benzene rings is 1. The van der Waals surface area contributed by atoms with Gasteiger partial charge in [0.25, 0.3) is 5.91 Å². The number of aromatic nitrogens is 1. The van der Waals surface area contributed by atoms with E-state index in [-0.39, 0.29) is 11.8 Å². The monoisotopic (exact) mass is 571 g/mol. The van der Waals surface area contributed by atoms with Gasteiger partial charge >= 0.3 is 12.1 Å². The molecule has 2 saturated heterocycles. The second-order valence-electron chi connectivity index (χ2n) is 12.5. The lowest BCUT2D eigenvalue weighted by atomic mass is 9.68. The Bertz CT molecular complexity index is 1250. The number of likely N-dealkylation sites (tertiary alicyclic amines) is 1. The Labute approximate surface area is 230 Å². The van der Waals surface area contributed by atoms with Crippen LogP contribution in [0, 0.1) is 11.8 Å². The minimum absolute atomic E-state index is 0.0519. The summed E-state index contributed by atoms with van der Waals surface area (Å²) in [6, 6.07) is 3.89. The van der Waals surface area contributed by atoms with Crippen molar-refractivity contribution in [2.45, 2.75) is 82.0 Å². The molecule has 0 unspecified atom stereocenters. The summed E-state index contributed by atoms with van der Waals surface area (Å²) in [4.78, 5) is 18.3. The van der Waals surface area contributed by atoms with Crippen LogP contribution >= 0.6 is 0 Å². The van der Waals surface area contributed by atoms with E-state index in [1.54, 1.807) is 0 Å². The number of hydrogen-bond donors (Lipinski definition) is 3. The van der Waals surface area contributed by atoms with Crippen molar-refractivity contribution in [3.63, 3.8) is 0 Å². The number of aromatic amines is 1. The van der Waals surface area contributed by atoms with Gasteiger partial charge in [-0.15, -0.1) is 0 Å².